The van der Waals surface area contributed by atoms with Crippen molar-refractivity contribution in [3.05, 3.63) is 56.1 Å². The number of nitrogens with one attached hydrogen (secondary N) is 1. The van der Waals surface area contributed by atoms with Gasteiger partial charge in [0.15, 0.2) is 0 Å². The van der Waals surface area contributed by atoms with Crippen molar-refractivity contribution in [2.24, 2.45) is 0 Å². The van der Waals surface area contributed by atoms with Gasteiger partial charge < -0.3 is 15.2 Å². The zero-order valence-corrected chi connectivity index (χ0v) is 15.4. The molecule has 0 fully saturated rings. The molecule has 122 valence electrons. The van der Waals surface area contributed by atoms with E-state index in [9.17, 15) is 15.2 Å². The Morgan fingerprint density at radius 1 is 1.38 bits per heavy atom. The number of carbonyl (C=O) groups excluding carboxylic acids is 1. The summed E-state index contributed by atoms with van der Waals surface area (Å²) in [5.74, 6) is 0.0320. The molecule has 24 heavy (non-hydrogen) atoms. The van der Waals surface area contributed by atoms with Crippen LogP contribution in [0.25, 0.3) is 6.08 Å². The van der Waals surface area contributed by atoms with E-state index in [1.165, 1.54) is 12.1 Å². The molecule has 2 rings (SSSR count). The van der Waals surface area contributed by atoms with Crippen LogP contribution in [0.1, 0.15) is 5.56 Å². The number of carbonyl (C=O) groups is 1. The number of nitrogens with zero attached hydrogens (tertiary/aromatic N) is 1. The van der Waals surface area contributed by atoms with Crippen molar-refractivity contribution >= 4 is 51.9 Å². The van der Waals surface area contributed by atoms with Gasteiger partial charge in [-0.15, -0.1) is 0 Å². The first-order chi connectivity index (χ1) is 11.4. The van der Waals surface area contributed by atoms with E-state index in [1.54, 1.807) is 37.4 Å². The van der Waals surface area contributed by atoms with Crippen molar-refractivity contribution in [2.45, 2.75) is 0 Å². The lowest BCUT2D eigenvalue weighted by molar-refractivity contribution is -0.112. The second kappa shape index (κ2) is 8.04. The quantitative estimate of drug-likeness (QED) is 0.412. The minimum atomic E-state index is -0.586. The molecule has 0 aliphatic heterocycles. The summed E-state index contributed by atoms with van der Waals surface area (Å²) in [6.07, 6.45) is 1.29. The Kier molecular flexibility index (Phi) is 6.06. The largest absolute Gasteiger partial charge is 0.506 e. The zero-order valence-electron chi connectivity index (χ0n) is 12.5. The number of methoxy groups -OCH3 is 1. The van der Waals surface area contributed by atoms with Crippen molar-refractivity contribution in [2.75, 3.05) is 12.4 Å². The highest BCUT2D eigenvalue weighted by atomic mass is 127. The van der Waals surface area contributed by atoms with Gasteiger partial charge in [0.2, 0.25) is 0 Å². The zero-order chi connectivity index (χ0) is 17.7. The Morgan fingerprint density at radius 2 is 2.04 bits per heavy atom. The number of rotatable bonds is 4. The van der Waals surface area contributed by atoms with E-state index in [0.717, 1.165) is 0 Å². The number of phenolic OH excluding ortho intramolecular Hbond substituents is 1. The minimum absolute atomic E-state index is 0.0370. The molecule has 0 bridgehead atoms. The van der Waals surface area contributed by atoms with Crippen LogP contribution in [0.5, 0.6) is 11.5 Å². The van der Waals surface area contributed by atoms with E-state index in [-0.39, 0.29) is 11.3 Å². The minimum Gasteiger partial charge on any atom is -0.506 e. The number of benzene rings is 2. The van der Waals surface area contributed by atoms with Gasteiger partial charge in [0, 0.05) is 16.3 Å². The molecule has 0 aromatic heterocycles. The molecule has 0 aliphatic carbocycles. The first-order valence-electron chi connectivity index (χ1n) is 6.70. The third-order valence-corrected chi connectivity index (χ3v) is 4.11. The van der Waals surface area contributed by atoms with Crippen LogP contribution in [0.3, 0.4) is 0 Å². The summed E-state index contributed by atoms with van der Waals surface area (Å²) in [6, 6.07) is 11.6. The molecule has 0 saturated carbocycles. The molecular weight excluding hydrogens is 443 g/mol. The maximum absolute atomic E-state index is 12.2. The molecule has 7 heteroatoms. The third-order valence-electron chi connectivity index (χ3n) is 3.07. The van der Waals surface area contributed by atoms with Gasteiger partial charge in [0.05, 0.1) is 10.7 Å². The molecule has 2 aromatic carbocycles. The number of phenols is 1. The molecular formula is C17H12ClIN2O3. The van der Waals surface area contributed by atoms with Crippen LogP contribution < -0.4 is 10.1 Å². The van der Waals surface area contributed by atoms with Gasteiger partial charge in [-0.1, -0.05) is 11.6 Å². The smallest absolute Gasteiger partial charge is 0.266 e. The number of halogens is 2. The highest BCUT2D eigenvalue weighted by Crippen LogP contribution is 2.30. The maximum Gasteiger partial charge on any atom is 0.266 e. The number of hydrogen-bond donors (Lipinski definition) is 2. The van der Waals surface area contributed by atoms with Crippen LogP contribution in [0, 0.1) is 14.9 Å². The van der Waals surface area contributed by atoms with E-state index in [1.807, 2.05) is 28.7 Å². The Balaban J connectivity index is 2.27. The fourth-order valence-electron chi connectivity index (χ4n) is 1.87. The van der Waals surface area contributed by atoms with Gasteiger partial charge in [-0.05, 0) is 65.1 Å². The van der Waals surface area contributed by atoms with Crippen LogP contribution in [-0.4, -0.2) is 18.1 Å². The van der Waals surface area contributed by atoms with Crippen molar-refractivity contribution < 1.29 is 14.6 Å². The average Bonchev–Trinajstić information content (AvgIpc) is 2.57. The Morgan fingerprint density at radius 3 is 2.62 bits per heavy atom. The summed E-state index contributed by atoms with van der Waals surface area (Å²) in [6.45, 7) is 0. The lowest BCUT2D eigenvalue weighted by Gasteiger charge is -2.07. The molecule has 0 unspecified atom stereocenters. The number of nitriles is 1. The fraction of sp³-hybridized carbons (Fsp3) is 0.0588. The topological polar surface area (TPSA) is 82.3 Å². The molecule has 0 spiro atoms. The Hall–Kier alpha value is -2.24. The predicted molar refractivity (Wildman–Crippen MR) is 101 cm³/mol. The molecule has 0 atom stereocenters. The van der Waals surface area contributed by atoms with Crippen LogP contribution in [-0.2, 0) is 4.79 Å². The van der Waals surface area contributed by atoms with Crippen molar-refractivity contribution in [3.8, 4) is 17.6 Å². The molecule has 0 aliphatic rings. The molecule has 2 aromatic rings. The molecule has 0 heterocycles. The van der Waals surface area contributed by atoms with Gasteiger partial charge >= 0.3 is 0 Å². The first kappa shape index (κ1) is 18.1. The summed E-state index contributed by atoms with van der Waals surface area (Å²) in [4.78, 5) is 12.2. The Bertz CT molecular complexity index is 842. The first-order valence-corrected chi connectivity index (χ1v) is 8.15. The van der Waals surface area contributed by atoms with Crippen LogP contribution in [0.15, 0.2) is 42.0 Å². The maximum atomic E-state index is 12.2. The lowest BCUT2D eigenvalue weighted by atomic mass is 10.1. The molecule has 2 N–H and O–H groups in total. The number of aromatic hydroxyl groups is 1. The van der Waals surface area contributed by atoms with E-state index >= 15 is 0 Å². The van der Waals surface area contributed by atoms with Gasteiger partial charge in [-0.3, -0.25) is 4.79 Å². The molecule has 0 saturated heterocycles. The van der Waals surface area contributed by atoms with Crippen LogP contribution in [0.2, 0.25) is 5.02 Å². The van der Waals surface area contributed by atoms with Gasteiger partial charge in [0.1, 0.15) is 23.1 Å². The number of amides is 1. The number of anilines is 1. The number of hydrogen-bond acceptors (Lipinski definition) is 4. The SMILES string of the molecule is COc1ccc(NC(=O)/C(C#N)=C\c2cc(Cl)cc(I)c2O)cc1. The average molecular weight is 455 g/mol. The van der Waals surface area contributed by atoms with E-state index < -0.39 is 5.91 Å². The number of ether oxygens (including phenoxy) is 1. The highest BCUT2D eigenvalue weighted by molar-refractivity contribution is 14.1. The van der Waals surface area contributed by atoms with Gasteiger partial charge in [0.25, 0.3) is 5.91 Å². The second-order valence-electron chi connectivity index (χ2n) is 4.68. The summed E-state index contributed by atoms with van der Waals surface area (Å²) in [5, 5.41) is 22.3. The van der Waals surface area contributed by atoms with Crippen molar-refractivity contribution in [1.29, 1.82) is 5.26 Å². The monoisotopic (exact) mass is 454 g/mol. The van der Waals surface area contributed by atoms with E-state index in [0.29, 0.717) is 25.6 Å². The second-order valence-corrected chi connectivity index (χ2v) is 6.28. The normalized spacial score (nSPS) is 10.8. The summed E-state index contributed by atoms with van der Waals surface area (Å²) < 4.78 is 5.57. The molecule has 0 radical (unpaired) electrons. The summed E-state index contributed by atoms with van der Waals surface area (Å²) >= 11 is 7.86. The van der Waals surface area contributed by atoms with E-state index in [4.69, 9.17) is 16.3 Å². The fourth-order valence-corrected chi connectivity index (χ4v) is 2.93. The Labute approximate surface area is 157 Å². The predicted octanol–water partition coefficient (Wildman–Crippen LogP) is 4.20. The van der Waals surface area contributed by atoms with Crippen molar-refractivity contribution in [1.82, 2.24) is 0 Å². The molecule has 5 nitrogen and oxygen atoms in total. The van der Waals surface area contributed by atoms with Crippen LogP contribution >= 0.6 is 34.2 Å². The molecule has 1 amide bonds. The van der Waals surface area contributed by atoms with Gasteiger partial charge in [-0.2, -0.15) is 5.26 Å². The van der Waals surface area contributed by atoms with Crippen LogP contribution in [0.4, 0.5) is 5.69 Å². The summed E-state index contributed by atoms with van der Waals surface area (Å²) in [5.41, 5.74) is 0.666. The van der Waals surface area contributed by atoms with Crippen molar-refractivity contribution in [3.63, 3.8) is 0 Å². The lowest BCUT2D eigenvalue weighted by Crippen LogP contribution is -2.13. The summed E-state index contributed by atoms with van der Waals surface area (Å²) in [7, 11) is 1.54. The van der Waals surface area contributed by atoms with E-state index in [2.05, 4.69) is 5.32 Å². The highest BCUT2D eigenvalue weighted by Gasteiger charge is 2.13. The van der Waals surface area contributed by atoms with Gasteiger partial charge in [-0.25, -0.2) is 0 Å². The third kappa shape index (κ3) is 4.40. The standard InChI is InChI=1S/C17H12ClIN2O3/c1-24-14-4-2-13(3-5-14)21-17(23)11(9-20)6-10-7-12(18)8-15(19)16(10)22/h2-8,22H,1H3,(H,21,23)/b11-6-.